The van der Waals surface area contributed by atoms with Gasteiger partial charge in [0, 0.05) is 21.0 Å². The molecule has 2 heterocycles. The van der Waals surface area contributed by atoms with E-state index < -0.39 is 0 Å². The number of aromatic nitrogens is 1. The molecule has 0 bridgehead atoms. The summed E-state index contributed by atoms with van der Waals surface area (Å²) in [6.07, 6.45) is 3.34. The Kier molecular flexibility index (Phi) is 5.16. The van der Waals surface area contributed by atoms with Gasteiger partial charge in [0.05, 0.1) is 0 Å². The third kappa shape index (κ3) is 3.72. The second-order valence-electron chi connectivity index (χ2n) is 6.15. The van der Waals surface area contributed by atoms with Crippen molar-refractivity contribution in [2.75, 3.05) is 0 Å². The van der Waals surface area contributed by atoms with Gasteiger partial charge in [0.2, 0.25) is 0 Å². The second-order valence-corrected chi connectivity index (χ2v) is 7.32. The molecule has 0 aliphatic rings. The number of aromatic amines is 1. The molecule has 4 heteroatoms. The van der Waals surface area contributed by atoms with E-state index >= 15 is 0 Å². The van der Waals surface area contributed by atoms with Crippen LogP contribution in [-0.2, 0) is 6.42 Å². The Morgan fingerprint density at radius 1 is 1.16 bits per heavy atom. The summed E-state index contributed by atoms with van der Waals surface area (Å²) >= 11 is 1.67. The predicted octanol–water partition coefficient (Wildman–Crippen LogP) is 5.29. The predicted molar refractivity (Wildman–Crippen MR) is 104 cm³/mol. The van der Waals surface area contributed by atoms with E-state index in [1.165, 1.54) is 10.4 Å². The average Bonchev–Trinajstić information content (AvgIpc) is 3.08. The Hall–Kier alpha value is -2.64. The van der Waals surface area contributed by atoms with Crippen LogP contribution in [0.4, 0.5) is 0 Å². The van der Waals surface area contributed by atoms with Crippen molar-refractivity contribution in [1.82, 2.24) is 4.98 Å². The molecule has 0 spiro atoms. The lowest BCUT2D eigenvalue weighted by atomic mass is 10.0. The van der Waals surface area contributed by atoms with E-state index in [0.29, 0.717) is 0 Å². The molecule has 3 rings (SSSR count). The molecule has 2 aromatic heterocycles. The summed E-state index contributed by atoms with van der Waals surface area (Å²) < 4.78 is 0. The Bertz CT molecular complexity index is 974. The van der Waals surface area contributed by atoms with E-state index in [0.717, 1.165) is 41.0 Å². The van der Waals surface area contributed by atoms with Gasteiger partial charge < -0.3 is 4.98 Å². The Morgan fingerprint density at radius 3 is 2.60 bits per heavy atom. The summed E-state index contributed by atoms with van der Waals surface area (Å²) in [5, 5.41) is 9.44. The fraction of sp³-hybridized carbons (Fsp3) is 0.238. The zero-order valence-electron chi connectivity index (χ0n) is 14.4. The van der Waals surface area contributed by atoms with E-state index in [1.54, 1.807) is 11.3 Å². The number of nitriles is 1. The first-order valence-electron chi connectivity index (χ1n) is 8.46. The molecule has 0 amide bonds. The molecule has 126 valence electrons. The van der Waals surface area contributed by atoms with Crippen LogP contribution in [0.25, 0.3) is 21.7 Å². The van der Waals surface area contributed by atoms with Crippen LogP contribution >= 0.6 is 11.3 Å². The lowest BCUT2D eigenvalue weighted by Gasteiger charge is -2.07. The van der Waals surface area contributed by atoms with Crippen LogP contribution in [0.1, 0.15) is 35.8 Å². The first-order chi connectivity index (χ1) is 12.1. The SMILES string of the molecule is CCCCc1ccc(-c2cc(-c3ccc(C)cc3)[nH]c(=O)c2C#N)s1. The fourth-order valence-corrected chi connectivity index (χ4v) is 3.83. The zero-order chi connectivity index (χ0) is 17.8. The van der Waals surface area contributed by atoms with Gasteiger partial charge in [-0.3, -0.25) is 4.79 Å². The minimum atomic E-state index is -0.334. The van der Waals surface area contributed by atoms with Gasteiger partial charge in [0.15, 0.2) is 0 Å². The molecule has 0 radical (unpaired) electrons. The van der Waals surface area contributed by atoms with Crippen molar-refractivity contribution >= 4 is 11.3 Å². The van der Waals surface area contributed by atoms with Gasteiger partial charge in [0.1, 0.15) is 11.6 Å². The van der Waals surface area contributed by atoms with Crippen LogP contribution in [-0.4, -0.2) is 4.98 Å². The largest absolute Gasteiger partial charge is 0.321 e. The number of pyridine rings is 1. The summed E-state index contributed by atoms with van der Waals surface area (Å²) in [5.41, 5.74) is 3.41. The number of rotatable bonds is 5. The highest BCUT2D eigenvalue weighted by Crippen LogP contribution is 2.32. The molecule has 3 aromatic rings. The molecule has 3 nitrogen and oxygen atoms in total. The first-order valence-corrected chi connectivity index (χ1v) is 9.27. The number of aryl methyl sites for hydroxylation is 2. The van der Waals surface area contributed by atoms with Crippen molar-refractivity contribution in [2.24, 2.45) is 0 Å². The maximum atomic E-state index is 12.4. The highest BCUT2D eigenvalue weighted by atomic mass is 32.1. The number of thiophene rings is 1. The van der Waals surface area contributed by atoms with Crippen molar-refractivity contribution in [3.63, 3.8) is 0 Å². The van der Waals surface area contributed by atoms with Crippen LogP contribution in [0, 0.1) is 18.3 Å². The zero-order valence-corrected chi connectivity index (χ0v) is 15.2. The van der Waals surface area contributed by atoms with E-state index in [4.69, 9.17) is 0 Å². The number of H-pyrrole nitrogens is 1. The third-order valence-electron chi connectivity index (χ3n) is 4.21. The molecular formula is C21H20N2OS. The molecule has 0 fully saturated rings. The molecule has 1 aromatic carbocycles. The maximum Gasteiger partial charge on any atom is 0.267 e. The van der Waals surface area contributed by atoms with Crippen molar-refractivity contribution in [2.45, 2.75) is 33.1 Å². The number of nitrogens with one attached hydrogen (secondary N) is 1. The first kappa shape index (κ1) is 17.2. The van der Waals surface area contributed by atoms with Gasteiger partial charge in [-0.2, -0.15) is 5.26 Å². The number of hydrogen-bond donors (Lipinski definition) is 1. The second kappa shape index (κ2) is 7.50. The highest BCUT2D eigenvalue weighted by Gasteiger charge is 2.14. The van der Waals surface area contributed by atoms with E-state index in [9.17, 15) is 10.1 Å². The summed E-state index contributed by atoms with van der Waals surface area (Å²) in [5.74, 6) is 0. The summed E-state index contributed by atoms with van der Waals surface area (Å²) in [6.45, 7) is 4.20. The Balaban J connectivity index is 2.08. The minimum Gasteiger partial charge on any atom is -0.321 e. The lowest BCUT2D eigenvalue weighted by molar-refractivity contribution is 0.804. The van der Waals surface area contributed by atoms with Crippen LogP contribution in [0.2, 0.25) is 0 Å². The number of unbranched alkanes of at least 4 members (excludes halogenated alkanes) is 1. The van der Waals surface area contributed by atoms with Crippen LogP contribution < -0.4 is 5.56 Å². The van der Waals surface area contributed by atoms with Gasteiger partial charge in [-0.05, 0) is 43.5 Å². The number of nitrogens with zero attached hydrogens (tertiary/aromatic N) is 1. The van der Waals surface area contributed by atoms with Crippen molar-refractivity contribution in [3.05, 3.63) is 68.8 Å². The highest BCUT2D eigenvalue weighted by molar-refractivity contribution is 7.15. The molecule has 0 saturated carbocycles. The van der Waals surface area contributed by atoms with Crippen molar-refractivity contribution < 1.29 is 0 Å². The van der Waals surface area contributed by atoms with E-state index in [2.05, 4.69) is 24.0 Å². The van der Waals surface area contributed by atoms with Gasteiger partial charge in [0.25, 0.3) is 5.56 Å². The minimum absolute atomic E-state index is 0.180. The topological polar surface area (TPSA) is 56.6 Å². The fourth-order valence-electron chi connectivity index (χ4n) is 2.76. The normalized spacial score (nSPS) is 10.6. The lowest BCUT2D eigenvalue weighted by Crippen LogP contribution is -2.12. The smallest absolute Gasteiger partial charge is 0.267 e. The van der Waals surface area contributed by atoms with Gasteiger partial charge in [-0.15, -0.1) is 11.3 Å². The summed E-state index contributed by atoms with van der Waals surface area (Å²) in [6, 6.07) is 16.1. The molecule has 1 N–H and O–H groups in total. The van der Waals surface area contributed by atoms with E-state index in [1.807, 2.05) is 43.3 Å². The molecule has 0 aliphatic heterocycles. The number of benzene rings is 1. The average molecular weight is 348 g/mol. The third-order valence-corrected chi connectivity index (χ3v) is 5.39. The standard InChI is InChI=1S/C21H20N2OS/c1-3-4-5-16-10-11-20(25-16)17-12-19(23-21(24)18(17)13-22)15-8-6-14(2)7-9-15/h6-12H,3-5H2,1-2H3,(H,23,24). The summed E-state index contributed by atoms with van der Waals surface area (Å²) in [4.78, 5) is 17.5. The molecule has 25 heavy (non-hydrogen) atoms. The number of hydrogen-bond acceptors (Lipinski definition) is 3. The monoisotopic (exact) mass is 348 g/mol. The van der Waals surface area contributed by atoms with Crippen LogP contribution in [0.15, 0.2) is 47.3 Å². The van der Waals surface area contributed by atoms with E-state index in [-0.39, 0.29) is 11.1 Å². The van der Waals surface area contributed by atoms with Crippen LogP contribution in [0.3, 0.4) is 0 Å². The Morgan fingerprint density at radius 2 is 1.92 bits per heavy atom. The Labute approximate surface area is 151 Å². The maximum absolute atomic E-state index is 12.4. The van der Waals surface area contributed by atoms with Gasteiger partial charge >= 0.3 is 0 Å². The molecular weight excluding hydrogens is 328 g/mol. The van der Waals surface area contributed by atoms with Crippen molar-refractivity contribution in [3.8, 4) is 27.8 Å². The molecule has 0 unspecified atom stereocenters. The van der Waals surface area contributed by atoms with Crippen molar-refractivity contribution in [1.29, 1.82) is 5.26 Å². The van der Waals surface area contributed by atoms with Gasteiger partial charge in [-0.25, -0.2) is 0 Å². The quantitative estimate of drug-likeness (QED) is 0.681. The molecule has 0 aliphatic carbocycles. The van der Waals surface area contributed by atoms with Crippen LogP contribution in [0.5, 0.6) is 0 Å². The summed E-state index contributed by atoms with van der Waals surface area (Å²) in [7, 11) is 0. The van der Waals surface area contributed by atoms with Gasteiger partial charge in [-0.1, -0.05) is 43.2 Å². The molecule has 0 atom stereocenters. The molecule has 0 saturated heterocycles.